The van der Waals surface area contributed by atoms with Crippen LogP contribution in [0.3, 0.4) is 0 Å². The van der Waals surface area contributed by atoms with Gasteiger partial charge in [-0.05, 0) is 0 Å². The van der Waals surface area contributed by atoms with Crippen molar-refractivity contribution in [2.24, 2.45) is 5.73 Å². The fraction of sp³-hybridized carbons (Fsp3) is 0.500. The summed E-state index contributed by atoms with van der Waals surface area (Å²) in [6, 6.07) is 0. The first-order chi connectivity index (χ1) is 2.56. The first-order valence-electron chi connectivity index (χ1n) is 1.29. The molecule has 0 fully saturated rings. The van der Waals surface area contributed by atoms with Crippen molar-refractivity contribution in [3.63, 3.8) is 0 Å². The van der Waals surface area contributed by atoms with Crippen molar-refractivity contribution < 1.29 is 15.3 Å². The van der Waals surface area contributed by atoms with Crippen LogP contribution >= 0.6 is 0 Å². The Kier molecular flexibility index (Phi) is 1.48. The topological polar surface area (TPSA) is 86.7 Å². The fourth-order valence-electron chi connectivity index (χ4n) is 0. The zero-order chi connectivity index (χ0) is 5.21. The van der Waals surface area contributed by atoms with Gasteiger partial charge in [0.25, 0.3) is 5.97 Å². The van der Waals surface area contributed by atoms with Crippen LogP contribution in [0.1, 0.15) is 0 Å². The third kappa shape index (κ3) is 3.84. The lowest BCUT2D eigenvalue weighted by molar-refractivity contribution is -0.286. The summed E-state index contributed by atoms with van der Waals surface area (Å²) in [5, 5.41) is 23.3. The highest BCUT2D eigenvalue weighted by Gasteiger charge is 2.13. The Morgan fingerprint density at radius 2 is 1.50 bits per heavy atom. The minimum Gasteiger partial charge on any atom is -0.342 e. The molecule has 0 aliphatic rings. The van der Waals surface area contributed by atoms with Gasteiger partial charge < -0.3 is 21.1 Å². The van der Waals surface area contributed by atoms with Gasteiger partial charge in [-0.1, -0.05) is 0 Å². The van der Waals surface area contributed by atoms with Crippen LogP contribution in [-0.4, -0.2) is 21.3 Å². The summed E-state index contributed by atoms with van der Waals surface area (Å²) in [7, 11) is 0. The molecule has 0 saturated carbocycles. The predicted octanol–water partition coefficient (Wildman–Crippen LogP) is -2.26. The van der Waals surface area contributed by atoms with E-state index >= 15 is 0 Å². The van der Waals surface area contributed by atoms with E-state index in [1.54, 1.807) is 0 Å². The quantitative estimate of drug-likeness (QED) is 0.275. The molecule has 0 aliphatic carbocycles. The Morgan fingerprint density at radius 1 is 1.33 bits per heavy atom. The number of hydrogen-bond donors (Lipinski definition) is 4. The van der Waals surface area contributed by atoms with Crippen LogP contribution < -0.4 is 5.73 Å². The normalized spacial score (nSPS) is 12.0. The lowest BCUT2D eigenvalue weighted by Gasteiger charge is -2.07. The van der Waals surface area contributed by atoms with Gasteiger partial charge in [0.15, 0.2) is 0 Å². The highest BCUT2D eigenvalue weighted by atomic mass is 16.7. The Morgan fingerprint density at radius 3 is 1.50 bits per heavy atom. The third-order valence-electron chi connectivity index (χ3n) is 0.224. The first-order valence-corrected chi connectivity index (χ1v) is 1.29. The van der Waals surface area contributed by atoms with Gasteiger partial charge in [-0.25, -0.2) is 0 Å². The lowest BCUT2D eigenvalue weighted by atomic mass is 10.6. The van der Waals surface area contributed by atoms with Crippen molar-refractivity contribution in [2.45, 2.75) is 5.97 Å². The van der Waals surface area contributed by atoms with Crippen LogP contribution in [0, 0.1) is 6.54 Å². The second-order valence-electron chi connectivity index (χ2n) is 0.854. The Hall–Kier alpha value is -0.160. The van der Waals surface area contributed by atoms with Crippen molar-refractivity contribution in [1.29, 1.82) is 0 Å². The van der Waals surface area contributed by atoms with Gasteiger partial charge in [-0.15, -0.1) is 0 Å². The molecule has 0 saturated heterocycles. The van der Waals surface area contributed by atoms with Crippen LogP contribution in [0.5, 0.6) is 0 Å². The molecule has 0 aromatic rings. The van der Waals surface area contributed by atoms with Crippen LogP contribution in [0.2, 0.25) is 0 Å². The Bertz CT molecular complexity index is 38.5. The van der Waals surface area contributed by atoms with E-state index in [1.165, 1.54) is 0 Å². The largest absolute Gasteiger partial charge is 0.342 e. The minimum absolute atomic E-state index is 0.354. The second-order valence-corrected chi connectivity index (χ2v) is 0.854. The summed E-state index contributed by atoms with van der Waals surface area (Å²) in [4.78, 5) is 0. The number of aliphatic hydroxyl groups is 3. The summed E-state index contributed by atoms with van der Waals surface area (Å²) in [5.74, 6) is -2.81. The molecule has 37 valence electrons. The standard InChI is InChI=1S/C2H6NO3/c3-1-2(4,5)6/h1,4-6H,3H2. The smallest absolute Gasteiger partial charge is 0.293 e. The number of nitrogens with two attached hydrogens (primary N) is 1. The first kappa shape index (κ1) is 5.84. The van der Waals surface area contributed by atoms with E-state index in [0.29, 0.717) is 6.54 Å². The van der Waals surface area contributed by atoms with E-state index in [2.05, 4.69) is 5.73 Å². The van der Waals surface area contributed by atoms with Gasteiger partial charge in [0.1, 0.15) is 6.54 Å². The molecule has 1 radical (unpaired) electrons. The molecule has 0 bridgehead atoms. The molecule has 0 unspecified atom stereocenters. The van der Waals surface area contributed by atoms with Crippen molar-refractivity contribution in [2.75, 3.05) is 0 Å². The molecule has 0 rings (SSSR count). The van der Waals surface area contributed by atoms with Crippen molar-refractivity contribution in [3.8, 4) is 0 Å². The maximum atomic E-state index is 7.76. The molecule has 0 amide bonds. The average molecular weight is 92.1 g/mol. The fourth-order valence-corrected chi connectivity index (χ4v) is 0. The molecule has 5 N–H and O–H groups in total. The van der Waals surface area contributed by atoms with Gasteiger partial charge >= 0.3 is 0 Å². The minimum atomic E-state index is -2.81. The molecule has 0 aromatic heterocycles. The van der Waals surface area contributed by atoms with E-state index in [9.17, 15) is 0 Å². The third-order valence-corrected chi connectivity index (χ3v) is 0.224. The van der Waals surface area contributed by atoms with Gasteiger partial charge in [0.05, 0.1) is 0 Å². The van der Waals surface area contributed by atoms with Crippen LogP contribution in [-0.2, 0) is 0 Å². The summed E-state index contributed by atoms with van der Waals surface area (Å²) >= 11 is 0. The van der Waals surface area contributed by atoms with Crippen molar-refractivity contribution >= 4 is 0 Å². The van der Waals surface area contributed by atoms with Gasteiger partial charge in [-0.3, -0.25) is 0 Å². The molecule has 4 heteroatoms. The van der Waals surface area contributed by atoms with E-state index < -0.39 is 5.97 Å². The molecular weight excluding hydrogens is 86.0 g/mol. The highest BCUT2D eigenvalue weighted by molar-refractivity contribution is 4.60. The summed E-state index contributed by atoms with van der Waals surface area (Å²) in [6.07, 6.45) is 0. The molecule has 0 atom stereocenters. The average Bonchev–Trinajstić information content (AvgIpc) is 1.35. The zero-order valence-electron chi connectivity index (χ0n) is 3.00. The van der Waals surface area contributed by atoms with E-state index in [0.717, 1.165) is 0 Å². The molecule has 0 aliphatic heterocycles. The van der Waals surface area contributed by atoms with Gasteiger partial charge in [0.2, 0.25) is 0 Å². The molecule has 6 heavy (non-hydrogen) atoms. The van der Waals surface area contributed by atoms with Crippen LogP contribution in [0.25, 0.3) is 0 Å². The zero-order valence-corrected chi connectivity index (χ0v) is 3.00. The van der Waals surface area contributed by atoms with E-state index in [4.69, 9.17) is 15.3 Å². The Labute approximate surface area is 34.8 Å². The van der Waals surface area contributed by atoms with Crippen molar-refractivity contribution in [1.82, 2.24) is 0 Å². The lowest BCUT2D eigenvalue weighted by Crippen LogP contribution is -2.31. The number of hydrogen-bond acceptors (Lipinski definition) is 4. The monoisotopic (exact) mass is 92.0 g/mol. The maximum Gasteiger partial charge on any atom is 0.293 e. The molecule has 0 spiro atoms. The molecule has 4 nitrogen and oxygen atoms in total. The molecular formula is C2H6NO3. The second kappa shape index (κ2) is 1.53. The summed E-state index contributed by atoms with van der Waals surface area (Å²) in [6.45, 7) is 0.354. The van der Waals surface area contributed by atoms with Crippen LogP contribution in [0.4, 0.5) is 0 Å². The summed E-state index contributed by atoms with van der Waals surface area (Å²) < 4.78 is 0. The Balaban J connectivity index is 3.17. The summed E-state index contributed by atoms with van der Waals surface area (Å²) in [5.41, 5.74) is 4.43. The molecule has 0 aromatic carbocycles. The predicted molar refractivity (Wildman–Crippen MR) is 17.9 cm³/mol. The SMILES string of the molecule is N[CH]C(O)(O)O. The van der Waals surface area contributed by atoms with Crippen molar-refractivity contribution in [3.05, 3.63) is 6.54 Å². The highest BCUT2D eigenvalue weighted by Crippen LogP contribution is 1.88. The van der Waals surface area contributed by atoms with Gasteiger partial charge in [0, 0.05) is 0 Å². The van der Waals surface area contributed by atoms with E-state index in [1.807, 2.05) is 0 Å². The van der Waals surface area contributed by atoms with Crippen LogP contribution in [0.15, 0.2) is 0 Å². The number of rotatable bonds is 1. The van der Waals surface area contributed by atoms with E-state index in [-0.39, 0.29) is 0 Å². The maximum absolute atomic E-state index is 7.76. The van der Waals surface area contributed by atoms with Gasteiger partial charge in [-0.2, -0.15) is 0 Å². The molecule has 0 heterocycles.